The van der Waals surface area contributed by atoms with Gasteiger partial charge in [-0.25, -0.2) is 4.57 Å². The lowest BCUT2D eigenvalue weighted by molar-refractivity contribution is -0.696. The first-order valence-corrected chi connectivity index (χ1v) is 9.74. The summed E-state index contributed by atoms with van der Waals surface area (Å²) in [5, 5.41) is 23.3. The molecule has 4 aromatic rings. The van der Waals surface area contributed by atoms with Crippen LogP contribution in [-0.2, 0) is 11.3 Å². The van der Waals surface area contributed by atoms with Crippen molar-refractivity contribution in [2.75, 3.05) is 0 Å². The lowest BCUT2D eigenvalue weighted by atomic mass is 9.97. The molecule has 2 aromatic carbocycles. The van der Waals surface area contributed by atoms with E-state index in [2.05, 4.69) is 41.9 Å². The number of phenols is 1. The number of aryl methyl sites for hydroxylation is 3. The smallest absolute Gasteiger partial charge is 0.303 e. The van der Waals surface area contributed by atoms with Gasteiger partial charge in [-0.05, 0) is 61.4 Å². The first-order chi connectivity index (χ1) is 13.5. The zero-order valence-electron chi connectivity index (χ0n) is 16.2. The largest absolute Gasteiger partial charge is 0.508 e. The molecular formula is C23H25N2O3+. The van der Waals surface area contributed by atoms with E-state index in [0.29, 0.717) is 0 Å². The lowest BCUT2D eigenvalue weighted by Crippen LogP contribution is -2.32. The lowest BCUT2D eigenvalue weighted by Gasteiger charge is -2.08. The first-order valence-electron chi connectivity index (χ1n) is 9.74. The molecule has 4 rings (SSSR count). The summed E-state index contributed by atoms with van der Waals surface area (Å²) in [7, 11) is 0. The third-order valence-electron chi connectivity index (χ3n) is 5.66. The van der Waals surface area contributed by atoms with Gasteiger partial charge in [-0.3, -0.25) is 4.79 Å². The van der Waals surface area contributed by atoms with Crippen LogP contribution in [0.3, 0.4) is 0 Å². The summed E-state index contributed by atoms with van der Waals surface area (Å²) in [6.07, 6.45) is 7.15. The third kappa shape index (κ3) is 3.17. The van der Waals surface area contributed by atoms with Crippen LogP contribution in [0.4, 0.5) is 0 Å². The third-order valence-corrected chi connectivity index (χ3v) is 5.66. The van der Waals surface area contributed by atoms with Crippen LogP contribution in [0.2, 0.25) is 0 Å². The molecule has 0 fully saturated rings. The molecule has 2 aromatic heterocycles. The molecule has 0 aliphatic carbocycles. The van der Waals surface area contributed by atoms with E-state index < -0.39 is 5.97 Å². The Bertz CT molecular complexity index is 1210. The Hall–Kier alpha value is -3.08. The molecule has 3 N–H and O–H groups in total. The van der Waals surface area contributed by atoms with Gasteiger partial charge in [0.1, 0.15) is 12.3 Å². The van der Waals surface area contributed by atoms with Crippen molar-refractivity contribution in [2.24, 2.45) is 0 Å². The number of fused-ring (bicyclic) bond motifs is 4. The molecule has 0 saturated heterocycles. The minimum atomic E-state index is -0.722. The molecule has 0 spiro atoms. The Morgan fingerprint density at radius 2 is 1.86 bits per heavy atom. The molecule has 28 heavy (non-hydrogen) atoms. The van der Waals surface area contributed by atoms with Gasteiger partial charge in [0.25, 0.3) is 0 Å². The monoisotopic (exact) mass is 377 g/mol. The number of aliphatic carboxylic acids is 1. The molecule has 0 unspecified atom stereocenters. The molecule has 0 aliphatic heterocycles. The van der Waals surface area contributed by atoms with Crippen molar-refractivity contribution < 1.29 is 19.6 Å². The average molecular weight is 377 g/mol. The number of aromatic amines is 1. The second-order valence-electron chi connectivity index (χ2n) is 7.57. The van der Waals surface area contributed by atoms with E-state index >= 15 is 0 Å². The summed E-state index contributed by atoms with van der Waals surface area (Å²) in [4.78, 5) is 14.1. The summed E-state index contributed by atoms with van der Waals surface area (Å²) in [5.41, 5.74) is 4.55. The number of pyridine rings is 1. The maximum atomic E-state index is 10.6. The van der Waals surface area contributed by atoms with Gasteiger partial charge in [0.2, 0.25) is 0 Å². The summed E-state index contributed by atoms with van der Waals surface area (Å²) >= 11 is 0. The topological polar surface area (TPSA) is 77.2 Å². The number of nitrogens with zero attached hydrogens (tertiary/aromatic N) is 1. The highest BCUT2D eigenvalue weighted by molar-refractivity contribution is 6.16. The van der Waals surface area contributed by atoms with E-state index in [1.54, 1.807) is 6.07 Å². The van der Waals surface area contributed by atoms with Crippen LogP contribution in [0.25, 0.3) is 32.6 Å². The molecule has 0 amide bonds. The number of carboxylic acids is 1. The predicted molar refractivity (Wildman–Crippen MR) is 111 cm³/mol. The van der Waals surface area contributed by atoms with Gasteiger partial charge in [0.15, 0.2) is 12.4 Å². The van der Waals surface area contributed by atoms with Crippen LogP contribution >= 0.6 is 0 Å². The van der Waals surface area contributed by atoms with Gasteiger partial charge in [0.05, 0.1) is 10.9 Å². The van der Waals surface area contributed by atoms with E-state index in [0.717, 1.165) is 42.2 Å². The standard InChI is InChI=1S/C23H24N2O3/c1-14-17-9-11-25(10-5-3-4-6-21(27)28)13-19(17)15(2)23-22(14)18-12-16(26)7-8-20(18)24-23/h7-9,11-13H,3-6,10H2,1-2H3,(H2,26,27,28)/p+1. The van der Waals surface area contributed by atoms with Crippen LogP contribution in [0, 0.1) is 13.8 Å². The Kier molecular flexibility index (Phi) is 4.67. The maximum absolute atomic E-state index is 10.6. The number of H-pyrrole nitrogens is 1. The number of hydrogen-bond donors (Lipinski definition) is 3. The van der Waals surface area contributed by atoms with Gasteiger partial charge in [-0.1, -0.05) is 0 Å². The summed E-state index contributed by atoms with van der Waals surface area (Å²) in [5.74, 6) is -0.445. The van der Waals surface area contributed by atoms with E-state index in [1.165, 1.54) is 27.3 Å². The Labute approximate surface area is 163 Å². The van der Waals surface area contributed by atoms with Crippen LogP contribution in [0.5, 0.6) is 5.75 Å². The van der Waals surface area contributed by atoms with Crippen molar-refractivity contribution in [1.82, 2.24) is 4.98 Å². The average Bonchev–Trinajstić information content (AvgIpc) is 3.04. The highest BCUT2D eigenvalue weighted by Crippen LogP contribution is 2.37. The second-order valence-corrected chi connectivity index (χ2v) is 7.57. The number of rotatable bonds is 6. The molecule has 0 radical (unpaired) electrons. The molecule has 2 heterocycles. The van der Waals surface area contributed by atoms with E-state index in [9.17, 15) is 9.90 Å². The fourth-order valence-electron chi connectivity index (χ4n) is 4.17. The summed E-state index contributed by atoms with van der Waals surface area (Å²) < 4.78 is 2.19. The number of unbranched alkanes of at least 4 members (excludes halogenated alkanes) is 2. The fourth-order valence-corrected chi connectivity index (χ4v) is 4.17. The van der Waals surface area contributed by atoms with Crippen molar-refractivity contribution in [3.05, 3.63) is 47.8 Å². The number of phenolic OH excluding ortho intramolecular Hbond substituents is 1. The van der Waals surface area contributed by atoms with Gasteiger partial charge < -0.3 is 15.2 Å². The SMILES string of the molecule is Cc1c2c[n+](CCCCCC(=O)O)ccc2c(C)c2c1[nH]c1ccc(O)cc12. The van der Waals surface area contributed by atoms with Crippen LogP contribution in [0.1, 0.15) is 36.8 Å². The number of aromatic nitrogens is 2. The van der Waals surface area contributed by atoms with Crippen molar-refractivity contribution in [3.8, 4) is 5.75 Å². The van der Waals surface area contributed by atoms with Crippen molar-refractivity contribution in [3.63, 3.8) is 0 Å². The van der Waals surface area contributed by atoms with Crippen molar-refractivity contribution in [1.29, 1.82) is 0 Å². The fraction of sp³-hybridized carbons (Fsp3) is 0.304. The minimum absolute atomic E-state index is 0.245. The Morgan fingerprint density at radius 1 is 1.04 bits per heavy atom. The predicted octanol–water partition coefficient (Wildman–Crippen LogP) is 4.73. The van der Waals surface area contributed by atoms with E-state index in [1.807, 2.05) is 12.1 Å². The maximum Gasteiger partial charge on any atom is 0.303 e. The van der Waals surface area contributed by atoms with Gasteiger partial charge >= 0.3 is 5.97 Å². The Morgan fingerprint density at radius 3 is 2.64 bits per heavy atom. The van der Waals surface area contributed by atoms with Crippen LogP contribution in [0.15, 0.2) is 36.7 Å². The normalized spacial score (nSPS) is 11.6. The molecule has 0 atom stereocenters. The summed E-state index contributed by atoms with van der Waals surface area (Å²) in [6.45, 7) is 5.15. The minimum Gasteiger partial charge on any atom is -0.508 e. The first kappa shape index (κ1) is 18.3. The molecule has 5 nitrogen and oxygen atoms in total. The molecular weight excluding hydrogens is 352 g/mol. The zero-order valence-corrected chi connectivity index (χ0v) is 16.2. The van der Waals surface area contributed by atoms with Gasteiger partial charge in [-0.2, -0.15) is 0 Å². The van der Waals surface area contributed by atoms with Crippen LogP contribution in [-0.4, -0.2) is 21.2 Å². The number of carbonyl (C=O) groups is 1. The molecule has 144 valence electrons. The number of carboxylic acid groups (broad SMARTS) is 1. The van der Waals surface area contributed by atoms with Gasteiger partial charge in [-0.15, -0.1) is 0 Å². The number of aromatic hydroxyl groups is 1. The number of nitrogens with one attached hydrogen (secondary N) is 1. The molecule has 0 bridgehead atoms. The molecule has 0 saturated carbocycles. The Balaban J connectivity index is 1.73. The van der Waals surface area contributed by atoms with Gasteiger partial charge in [0, 0.05) is 35.2 Å². The zero-order chi connectivity index (χ0) is 19.8. The van der Waals surface area contributed by atoms with Crippen molar-refractivity contribution in [2.45, 2.75) is 46.1 Å². The van der Waals surface area contributed by atoms with Crippen LogP contribution < -0.4 is 4.57 Å². The van der Waals surface area contributed by atoms with E-state index in [-0.39, 0.29) is 12.2 Å². The second kappa shape index (κ2) is 7.15. The number of benzene rings is 2. The highest BCUT2D eigenvalue weighted by atomic mass is 16.4. The molecule has 5 heteroatoms. The molecule has 0 aliphatic rings. The highest BCUT2D eigenvalue weighted by Gasteiger charge is 2.16. The number of hydrogen-bond acceptors (Lipinski definition) is 2. The van der Waals surface area contributed by atoms with E-state index in [4.69, 9.17) is 5.11 Å². The quantitative estimate of drug-likeness (QED) is 0.336. The summed E-state index contributed by atoms with van der Waals surface area (Å²) in [6, 6.07) is 7.62. The van der Waals surface area contributed by atoms with Crippen molar-refractivity contribution >= 4 is 38.5 Å².